The van der Waals surface area contributed by atoms with E-state index in [1.165, 1.54) is 32.4 Å². The molecule has 1 amide bonds. The van der Waals surface area contributed by atoms with Crippen LogP contribution in [-0.2, 0) is 9.53 Å². The number of carbonyl (C=O) groups is 1. The van der Waals surface area contributed by atoms with E-state index in [4.69, 9.17) is 4.74 Å². The molecule has 2 heterocycles. The summed E-state index contributed by atoms with van der Waals surface area (Å²) in [6, 6.07) is 0. The highest BCUT2D eigenvalue weighted by Crippen LogP contribution is 2.23. The second-order valence-corrected chi connectivity index (χ2v) is 6.42. The number of halogens is 1. The number of rotatable bonds is 5. The van der Waals surface area contributed by atoms with Crippen molar-refractivity contribution >= 4 is 18.3 Å². The summed E-state index contributed by atoms with van der Waals surface area (Å²) < 4.78 is 5.34. The first-order valence-corrected chi connectivity index (χ1v) is 8.25. The summed E-state index contributed by atoms with van der Waals surface area (Å²) >= 11 is 0. The molecule has 0 bridgehead atoms. The van der Waals surface area contributed by atoms with E-state index >= 15 is 0 Å². The van der Waals surface area contributed by atoms with E-state index in [-0.39, 0.29) is 18.3 Å². The summed E-state index contributed by atoms with van der Waals surface area (Å²) in [4.78, 5) is 17.0. The van der Waals surface area contributed by atoms with Gasteiger partial charge in [0.05, 0.1) is 0 Å². The van der Waals surface area contributed by atoms with Crippen LogP contribution in [0.5, 0.6) is 0 Å². The summed E-state index contributed by atoms with van der Waals surface area (Å²) in [6.07, 6.45) is 5.39. The predicted octanol–water partition coefficient (Wildman–Crippen LogP) is 2.42. The van der Waals surface area contributed by atoms with E-state index in [1.54, 1.807) is 0 Å². The molecule has 2 saturated heterocycles. The minimum absolute atomic E-state index is 0. The van der Waals surface area contributed by atoms with Crippen molar-refractivity contribution in [2.75, 3.05) is 46.4 Å². The lowest BCUT2D eigenvalue weighted by molar-refractivity contribution is -0.140. The predicted molar refractivity (Wildman–Crippen MR) is 87.9 cm³/mol. The quantitative estimate of drug-likeness (QED) is 0.780. The summed E-state index contributed by atoms with van der Waals surface area (Å²) in [5, 5.41) is 0. The van der Waals surface area contributed by atoms with Crippen LogP contribution in [0, 0.1) is 11.8 Å². The lowest BCUT2D eigenvalue weighted by atomic mass is 9.93. The monoisotopic (exact) mass is 318 g/mol. The lowest BCUT2D eigenvalue weighted by Crippen LogP contribution is -2.44. The molecule has 2 rings (SSSR count). The Labute approximate surface area is 135 Å². The van der Waals surface area contributed by atoms with E-state index in [2.05, 4.69) is 23.8 Å². The second-order valence-electron chi connectivity index (χ2n) is 6.42. The van der Waals surface area contributed by atoms with Gasteiger partial charge in [0.15, 0.2) is 0 Å². The molecule has 2 aliphatic rings. The average molecular weight is 319 g/mol. The van der Waals surface area contributed by atoms with Gasteiger partial charge in [0.2, 0.25) is 5.91 Å². The third-order valence-electron chi connectivity index (χ3n) is 4.67. The molecule has 0 atom stereocenters. The highest BCUT2D eigenvalue weighted by molar-refractivity contribution is 5.85. The van der Waals surface area contributed by atoms with E-state index in [1.807, 2.05) is 0 Å². The Balaban J connectivity index is 0.00000220. The number of amides is 1. The smallest absolute Gasteiger partial charge is 0.225 e. The molecule has 124 valence electrons. The fourth-order valence-electron chi connectivity index (χ4n) is 3.45. The molecule has 2 aliphatic heterocycles. The van der Waals surface area contributed by atoms with Crippen LogP contribution in [0.4, 0.5) is 0 Å². The molecule has 0 radical (unpaired) electrons. The number of carbonyl (C=O) groups excluding carboxylic acids is 1. The van der Waals surface area contributed by atoms with Crippen molar-refractivity contribution in [3.8, 4) is 0 Å². The number of hydrogen-bond acceptors (Lipinski definition) is 3. The number of ether oxygens (including phenoxy) is 1. The number of hydrogen-bond donors (Lipinski definition) is 0. The summed E-state index contributed by atoms with van der Waals surface area (Å²) in [6.45, 7) is 8.03. The maximum absolute atomic E-state index is 12.4. The molecule has 0 aromatic heterocycles. The van der Waals surface area contributed by atoms with Crippen molar-refractivity contribution in [2.45, 2.75) is 39.0 Å². The minimum Gasteiger partial charge on any atom is -0.381 e. The molecule has 0 aromatic rings. The SMILES string of the molecule is CCCN(C)CC1CCN(C(=O)C2CCOCC2)CC1.Cl. The van der Waals surface area contributed by atoms with Crippen LogP contribution in [-0.4, -0.2) is 62.1 Å². The maximum Gasteiger partial charge on any atom is 0.225 e. The highest BCUT2D eigenvalue weighted by Gasteiger charge is 2.29. The van der Waals surface area contributed by atoms with Crippen LogP contribution in [0.25, 0.3) is 0 Å². The molecular formula is C16H31ClN2O2. The van der Waals surface area contributed by atoms with Crippen LogP contribution >= 0.6 is 12.4 Å². The highest BCUT2D eigenvalue weighted by atomic mass is 35.5. The van der Waals surface area contributed by atoms with Crippen molar-refractivity contribution < 1.29 is 9.53 Å². The zero-order valence-corrected chi connectivity index (χ0v) is 14.4. The zero-order valence-electron chi connectivity index (χ0n) is 13.6. The Bertz CT molecular complexity index is 301. The Kier molecular flexibility index (Phi) is 8.60. The molecule has 0 aliphatic carbocycles. The number of nitrogens with zero attached hydrogens (tertiary/aromatic N) is 2. The molecule has 21 heavy (non-hydrogen) atoms. The molecule has 5 heteroatoms. The van der Waals surface area contributed by atoms with E-state index in [0.717, 1.165) is 45.1 Å². The Morgan fingerprint density at radius 2 is 1.81 bits per heavy atom. The summed E-state index contributed by atoms with van der Waals surface area (Å²) in [5.74, 6) is 1.38. The van der Waals surface area contributed by atoms with Crippen LogP contribution in [0.15, 0.2) is 0 Å². The topological polar surface area (TPSA) is 32.8 Å². The molecule has 2 fully saturated rings. The van der Waals surface area contributed by atoms with Crippen molar-refractivity contribution in [1.82, 2.24) is 9.80 Å². The van der Waals surface area contributed by atoms with Gasteiger partial charge < -0.3 is 14.5 Å². The maximum atomic E-state index is 12.4. The first-order chi connectivity index (χ1) is 9.70. The summed E-state index contributed by atoms with van der Waals surface area (Å²) in [5.41, 5.74) is 0. The van der Waals surface area contributed by atoms with Gasteiger partial charge in [-0.2, -0.15) is 0 Å². The molecular weight excluding hydrogens is 288 g/mol. The third-order valence-corrected chi connectivity index (χ3v) is 4.67. The Morgan fingerprint density at radius 1 is 1.19 bits per heavy atom. The van der Waals surface area contributed by atoms with Crippen molar-refractivity contribution in [3.63, 3.8) is 0 Å². The van der Waals surface area contributed by atoms with Gasteiger partial charge in [-0.3, -0.25) is 4.79 Å². The summed E-state index contributed by atoms with van der Waals surface area (Å²) in [7, 11) is 2.21. The van der Waals surface area contributed by atoms with Crippen molar-refractivity contribution in [1.29, 1.82) is 0 Å². The van der Waals surface area contributed by atoms with E-state index in [9.17, 15) is 4.79 Å². The zero-order chi connectivity index (χ0) is 14.4. The van der Waals surface area contributed by atoms with Gasteiger partial charge >= 0.3 is 0 Å². The van der Waals surface area contributed by atoms with Gasteiger partial charge in [-0.05, 0) is 51.6 Å². The lowest BCUT2D eigenvalue weighted by Gasteiger charge is -2.36. The van der Waals surface area contributed by atoms with Crippen LogP contribution in [0.1, 0.15) is 39.0 Å². The number of piperidine rings is 1. The van der Waals surface area contributed by atoms with Gasteiger partial charge in [-0.1, -0.05) is 6.92 Å². The molecule has 0 spiro atoms. The number of likely N-dealkylation sites (tertiary alicyclic amines) is 1. The Hall–Kier alpha value is -0.320. The van der Waals surface area contributed by atoms with Gasteiger partial charge in [-0.25, -0.2) is 0 Å². The second kappa shape index (κ2) is 9.65. The fourth-order valence-corrected chi connectivity index (χ4v) is 3.45. The van der Waals surface area contributed by atoms with Crippen LogP contribution < -0.4 is 0 Å². The van der Waals surface area contributed by atoms with E-state index < -0.39 is 0 Å². The van der Waals surface area contributed by atoms with Crippen LogP contribution in [0.3, 0.4) is 0 Å². The largest absolute Gasteiger partial charge is 0.381 e. The van der Waals surface area contributed by atoms with Crippen molar-refractivity contribution in [2.24, 2.45) is 11.8 Å². The standard InChI is InChI=1S/C16H30N2O2.ClH/c1-3-8-17(2)13-14-4-9-18(10-5-14)16(19)15-6-11-20-12-7-15;/h14-15H,3-13H2,1-2H3;1H. The first kappa shape index (κ1) is 18.7. The Morgan fingerprint density at radius 3 is 2.38 bits per heavy atom. The van der Waals surface area contributed by atoms with Crippen LogP contribution in [0.2, 0.25) is 0 Å². The minimum atomic E-state index is 0. The molecule has 0 saturated carbocycles. The van der Waals surface area contributed by atoms with Gasteiger partial charge in [0, 0.05) is 38.8 Å². The van der Waals surface area contributed by atoms with Crippen molar-refractivity contribution in [3.05, 3.63) is 0 Å². The third kappa shape index (κ3) is 5.76. The molecule has 0 aromatic carbocycles. The fraction of sp³-hybridized carbons (Fsp3) is 0.938. The van der Waals surface area contributed by atoms with E-state index in [0.29, 0.717) is 5.91 Å². The van der Waals surface area contributed by atoms with Gasteiger partial charge in [0.25, 0.3) is 0 Å². The first-order valence-electron chi connectivity index (χ1n) is 8.25. The van der Waals surface area contributed by atoms with Gasteiger partial charge in [-0.15, -0.1) is 12.4 Å². The normalized spacial score (nSPS) is 21.4. The van der Waals surface area contributed by atoms with Gasteiger partial charge in [0.1, 0.15) is 0 Å². The molecule has 0 unspecified atom stereocenters. The average Bonchev–Trinajstić information content (AvgIpc) is 2.48. The molecule has 0 N–H and O–H groups in total. The molecule has 4 nitrogen and oxygen atoms in total.